The zero-order valence-electron chi connectivity index (χ0n) is 12.9. The first-order valence-corrected chi connectivity index (χ1v) is 8.59. The molecule has 0 aromatic heterocycles. The number of amides is 1. The first-order chi connectivity index (χ1) is 9.57. The maximum Gasteiger partial charge on any atom is 0.217 e. The zero-order chi connectivity index (χ0) is 14.2. The van der Waals surface area contributed by atoms with Gasteiger partial charge in [0.1, 0.15) is 0 Å². The van der Waals surface area contributed by atoms with E-state index in [-0.39, 0.29) is 5.91 Å². The van der Waals surface area contributed by atoms with Crippen LogP contribution in [0.25, 0.3) is 0 Å². The molecule has 4 fully saturated rings. The fourth-order valence-corrected chi connectivity index (χ4v) is 5.67. The van der Waals surface area contributed by atoms with Crippen LogP contribution in [0.4, 0.5) is 0 Å². The Hall–Kier alpha value is -0.570. The molecule has 4 aliphatic rings. The molecule has 1 unspecified atom stereocenters. The lowest BCUT2D eigenvalue weighted by atomic mass is 9.48. The first kappa shape index (κ1) is 14.4. The Morgan fingerprint density at radius 2 is 1.70 bits per heavy atom. The van der Waals surface area contributed by atoms with Gasteiger partial charge in [0.25, 0.3) is 0 Å². The number of nitrogens with one attached hydrogen (secondary N) is 1. The number of carbonyl (C=O) groups is 1. The van der Waals surface area contributed by atoms with Crippen LogP contribution in [0.1, 0.15) is 64.7 Å². The Morgan fingerprint density at radius 3 is 2.20 bits per heavy atom. The molecule has 0 saturated heterocycles. The van der Waals surface area contributed by atoms with Crippen molar-refractivity contribution in [1.82, 2.24) is 5.32 Å². The minimum Gasteiger partial charge on any atom is -0.370 e. The standard InChI is InChI=1S/C17H30N2O/c1-12(19-5-3-2-4-16(18)20)17-9-13-6-14(10-17)8-15(7-13)11-17/h12-15,19H,2-11H2,1H3,(H2,18,20). The van der Waals surface area contributed by atoms with Crippen molar-refractivity contribution in [3.8, 4) is 0 Å². The van der Waals surface area contributed by atoms with Gasteiger partial charge in [-0.05, 0) is 88.0 Å². The van der Waals surface area contributed by atoms with Crippen molar-refractivity contribution in [1.29, 1.82) is 0 Å². The molecule has 3 N–H and O–H groups in total. The highest BCUT2D eigenvalue weighted by molar-refractivity contribution is 5.73. The lowest BCUT2D eigenvalue weighted by Crippen LogP contribution is -2.54. The fraction of sp³-hybridized carbons (Fsp3) is 0.941. The van der Waals surface area contributed by atoms with Crippen LogP contribution in [-0.4, -0.2) is 18.5 Å². The predicted molar refractivity (Wildman–Crippen MR) is 81.1 cm³/mol. The van der Waals surface area contributed by atoms with Crippen LogP contribution in [0.5, 0.6) is 0 Å². The second-order valence-corrected chi connectivity index (χ2v) is 7.88. The van der Waals surface area contributed by atoms with Gasteiger partial charge in [0, 0.05) is 12.5 Å². The molecule has 4 aliphatic carbocycles. The Kier molecular flexibility index (Phi) is 4.07. The average Bonchev–Trinajstić information content (AvgIpc) is 2.36. The van der Waals surface area contributed by atoms with E-state index >= 15 is 0 Å². The van der Waals surface area contributed by atoms with Crippen molar-refractivity contribution in [3.05, 3.63) is 0 Å². The second kappa shape index (κ2) is 5.67. The van der Waals surface area contributed by atoms with E-state index in [9.17, 15) is 4.79 Å². The highest BCUT2D eigenvalue weighted by Gasteiger charge is 2.52. The third kappa shape index (κ3) is 2.88. The van der Waals surface area contributed by atoms with Crippen molar-refractivity contribution in [3.63, 3.8) is 0 Å². The number of carbonyl (C=O) groups excluding carboxylic acids is 1. The lowest BCUT2D eigenvalue weighted by molar-refractivity contribution is -0.118. The normalized spacial score (nSPS) is 40.0. The van der Waals surface area contributed by atoms with Crippen LogP contribution in [-0.2, 0) is 4.79 Å². The molecule has 1 amide bonds. The van der Waals surface area contributed by atoms with Crippen molar-refractivity contribution >= 4 is 5.91 Å². The molecule has 0 aliphatic heterocycles. The van der Waals surface area contributed by atoms with E-state index in [1.54, 1.807) is 0 Å². The smallest absolute Gasteiger partial charge is 0.217 e. The van der Waals surface area contributed by atoms with E-state index < -0.39 is 0 Å². The van der Waals surface area contributed by atoms with Gasteiger partial charge in [0.2, 0.25) is 5.91 Å². The van der Waals surface area contributed by atoms with E-state index in [1.807, 2.05) is 0 Å². The summed E-state index contributed by atoms with van der Waals surface area (Å²) >= 11 is 0. The van der Waals surface area contributed by atoms with E-state index in [2.05, 4.69) is 12.2 Å². The Morgan fingerprint density at radius 1 is 1.15 bits per heavy atom. The first-order valence-electron chi connectivity index (χ1n) is 8.59. The molecular weight excluding hydrogens is 248 g/mol. The topological polar surface area (TPSA) is 55.1 Å². The number of rotatable bonds is 7. The van der Waals surface area contributed by atoms with E-state index in [0.29, 0.717) is 17.9 Å². The number of unbranched alkanes of at least 4 members (excludes halogenated alkanes) is 1. The molecule has 20 heavy (non-hydrogen) atoms. The summed E-state index contributed by atoms with van der Waals surface area (Å²) in [6.07, 6.45) is 11.5. The van der Waals surface area contributed by atoms with Gasteiger partial charge >= 0.3 is 0 Å². The molecule has 0 aromatic rings. The van der Waals surface area contributed by atoms with Crippen LogP contribution in [0, 0.1) is 23.2 Å². The van der Waals surface area contributed by atoms with Gasteiger partial charge in [-0.2, -0.15) is 0 Å². The summed E-state index contributed by atoms with van der Waals surface area (Å²) in [4.78, 5) is 10.7. The van der Waals surface area contributed by atoms with E-state index in [0.717, 1.165) is 37.1 Å². The molecule has 3 heteroatoms. The van der Waals surface area contributed by atoms with Gasteiger partial charge in [-0.25, -0.2) is 0 Å². The summed E-state index contributed by atoms with van der Waals surface area (Å²) in [5.74, 6) is 2.92. The molecule has 1 atom stereocenters. The number of hydrogen-bond donors (Lipinski definition) is 2. The van der Waals surface area contributed by atoms with Crippen molar-refractivity contribution in [2.75, 3.05) is 6.54 Å². The fourth-order valence-electron chi connectivity index (χ4n) is 5.67. The lowest BCUT2D eigenvalue weighted by Gasteiger charge is -2.59. The van der Waals surface area contributed by atoms with Crippen molar-refractivity contribution < 1.29 is 4.79 Å². The summed E-state index contributed by atoms with van der Waals surface area (Å²) < 4.78 is 0. The van der Waals surface area contributed by atoms with Crippen LogP contribution in [0.2, 0.25) is 0 Å². The molecule has 4 bridgehead atoms. The molecule has 0 heterocycles. The average molecular weight is 278 g/mol. The molecule has 0 radical (unpaired) electrons. The van der Waals surface area contributed by atoms with Gasteiger partial charge in [-0.3, -0.25) is 4.79 Å². The number of hydrogen-bond acceptors (Lipinski definition) is 2. The van der Waals surface area contributed by atoms with E-state index in [4.69, 9.17) is 5.73 Å². The maximum atomic E-state index is 10.7. The quantitative estimate of drug-likeness (QED) is 0.704. The minimum absolute atomic E-state index is 0.167. The van der Waals surface area contributed by atoms with Gasteiger partial charge in [-0.1, -0.05) is 0 Å². The van der Waals surface area contributed by atoms with Gasteiger partial charge in [0.15, 0.2) is 0 Å². The van der Waals surface area contributed by atoms with E-state index in [1.165, 1.54) is 38.5 Å². The van der Waals surface area contributed by atoms with Crippen LogP contribution in [0.3, 0.4) is 0 Å². The molecule has 3 nitrogen and oxygen atoms in total. The Balaban J connectivity index is 1.47. The van der Waals surface area contributed by atoms with Crippen LogP contribution in [0.15, 0.2) is 0 Å². The molecule has 0 aromatic carbocycles. The molecule has 0 spiro atoms. The van der Waals surface area contributed by atoms with Crippen LogP contribution >= 0.6 is 0 Å². The zero-order valence-corrected chi connectivity index (χ0v) is 12.9. The Bertz CT molecular complexity index is 331. The summed E-state index contributed by atoms with van der Waals surface area (Å²) in [6, 6.07) is 0.643. The number of nitrogens with two attached hydrogens (primary N) is 1. The summed E-state index contributed by atoms with van der Waals surface area (Å²) in [7, 11) is 0. The second-order valence-electron chi connectivity index (χ2n) is 7.88. The predicted octanol–water partition coefficient (Wildman–Crippen LogP) is 2.84. The Labute approximate surface area is 123 Å². The van der Waals surface area contributed by atoms with Gasteiger partial charge in [0.05, 0.1) is 0 Å². The van der Waals surface area contributed by atoms with Gasteiger partial charge < -0.3 is 11.1 Å². The highest BCUT2D eigenvalue weighted by atomic mass is 16.1. The maximum absolute atomic E-state index is 10.7. The van der Waals surface area contributed by atoms with Crippen molar-refractivity contribution in [2.45, 2.75) is 70.8 Å². The largest absolute Gasteiger partial charge is 0.370 e. The van der Waals surface area contributed by atoms with Gasteiger partial charge in [-0.15, -0.1) is 0 Å². The van der Waals surface area contributed by atoms with Crippen molar-refractivity contribution in [2.24, 2.45) is 28.9 Å². The highest BCUT2D eigenvalue weighted by Crippen LogP contribution is 2.61. The third-order valence-electron chi connectivity index (χ3n) is 6.30. The minimum atomic E-state index is -0.167. The monoisotopic (exact) mass is 278 g/mol. The molecule has 4 rings (SSSR count). The summed E-state index contributed by atoms with van der Waals surface area (Å²) in [5, 5.41) is 3.76. The molecule has 114 valence electrons. The SMILES string of the molecule is CC(NCCCCC(N)=O)C12CC3CC(CC(C3)C1)C2. The summed E-state index contributed by atoms with van der Waals surface area (Å²) in [6.45, 7) is 3.44. The molecule has 4 saturated carbocycles. The van der Waals surface area contributed by atoms with Crippen LogP contribution < -0.4 is 11.1 Å². The third-order valence-corrected chi connectivity index (χ3v) is 6.30. The number of primary amides is 1. The molecular formula is C17H30N2O. The summed E-state index contributed by atoms with van der Waals surface area (Å²) in [5.41, 5.74) is 5.77.